The molecule has 3 heterocycles. The van der Waals surface area contributed by atoms with Gasteiger partial charge in [0, 0.05) is 37.2 Å². The lowest BCUT2D eigenvalue weighted by molar-refractivity contribution is -0.119. The number of nitrogens with zero attached hydrogens (tertiary/aromatic N) is 2. The molecule has 1 amide bonds. The van der Waals surface area contributed by atoms with Crippen LogP contribution < -0.4 is 21.3 Å². The number of aliphatic hydroxyl groups is 1. The molecule has 3 aliphatic rings. The number of aliphatic imine (C=N–C) groups is 1. The van der Waals surface area contributed by atoms with Gasteiger partial charge in [0.15, 0.2) is 6.29 Å². The van der Waals surface area contributed by atoms with E-state index in [0.717, 1.165) is 48.6 Å². The number of hydrogen-bond donors (Lipinski definition) is 5. The zero-order chi connectivity index (χ0) is 26.0. The van der Waals surface area contributed by atoms with Crippen molar-refractivity contribution in [3.8, 4) is 0 Å². The van der Waals surface area contributed by atoms with Gasteiger partial charge in [-0.3, -0.25) is 4.79 Å². The molecule has 0 saturated carbocycles. The van der Waals surface area contributed by atoms with E-state index < -0.39 is 5.41 Å². The normalized spacial score (nSPS) is 22.9. The minimum Gasteiger partial charge on any atom is -0.395 e. The van der Waals surface area contributed by atoms with Crippen molar-refractivity contribution in [2.45, 2.75) is 50.9 Å². The molecule has 37 heavy (non-hydrogen) atoms. The third-order valence-electron chi connectivity index (χ3n) is 7.50. The van der Waals surface area contributed by atoms with Crippen molar-refractivity contribution >= 4 is 34.7 Å². The molecule has 2 unspecified atom stereocenters. The quantitative estimate of drug-likeness (QED) is 0.380. The van der Waals surface area contributed by atoms with Crippen molar-refractivity contribution in [1.82, 2.24) is 15.5 Å². The van der Waals surface area contributed by atoms with Gasteiger partial charge in [-0.2, -0.15) is 0 Å². The number of amides is 1. The number of nitrogens with one attached hydrogen (secondary N) is 4. The standard InChI is InChI=1S/C28H35ClN6O2/c1-28(2)24-19(5-3-7-23(24)33-26(28)37)15-30-25-22(29)16-31-27(34-25)32-21-10-8-18(9-11-21)20-6-4-12-35(17-20)13-14-36/h3,5,7-11,16,20,27,31-32,36H,4,6,12-15,17H2,1-2H3,(H,30,34)(H,33,37). The van der Waals surface area contributed by atoms with Crippen LogP contribution in [0, 0.1) is 0 Å². The summed E-state index contributed by atoms with van der Waals surface area (Å²) in [6.07, 6.45) is 3.70. The van der Waals surface area contributed by atoms with Crippen LogP contribution in [-0.4, -0.2) is 54.3 Å². The number of hydrogen-bond acceptors (Lipinski definition) is 7. The minimum absolute atomic E-state index is 0.00772. The molecule has 3 aliphatic heterocycles. The molecule has 2 aromatic rings. The Morgan fingerprint density at radius 2 is 2.03 bits per heavy atom. The number of piperidine rings is 1. The fourth-order valence-corrected chi connectivity index (χ4v) is 5.67. The van der Waals surface area contributed by atoms with Crippen LogP contribution in [0.15, 0.2) is 58.7 Å². The summed E-state index contributed by atoms with van der Waals surface area (Å²) in [5, 5.41) is 22.7. The second-order valence-corrected chi connectivity index (χ2v) is 10.8. The lowest BCUT2D eigenvalue weighted by Gasteiger charge is -2.32. The topological polar surface area (TPSA) is 101 Å². The largest absolute Gasteiger partial charge is 0.395 e. The van der Waals surface area contributed by atoms with Crippen molar-refractivity contribution in [2.75, 3.05) is 36.9 Å². The molecule has 8 nitrogen and oxygen atoms in total. The Bertz CT molecular complexity index is 1210. The molecule has 0 spiro atoms. The summed E-state index contributed by atoms with van der Waals surface area (Å²) in [5.41, 5.74) is 4.60. The number of aliphatic hydroxyl groups excluding tert-OH is 1. The summed E-state index contributed by atoms with van der Waals surface area (Å²) < 4.78 is 0. The maximum absolute atomic E-state index is 12.4. The number of carbonyl (C=O) groups is 1. The summed E-state index contributed by atoms with van der Waals surface area (Å²) in [6, 6.07) is 14.4. The molecule has 0 aromatic heterocycles. The van der Waals surface area contributed by atoms with E-state index in [-0.39, 0.29) is 18.8 Å². The number of amidine groups is 1. The van der Waals surface area contributed by atoms with Crippen LogP contribution in [0.2, 0.25) is 0 Å². The summed E-state index contributed by atoms with van der Waals surface area (Å²) >= 11 is 6.45. The number of rotatable bonds is 7. The smallest absolute Gasteiger partial charge is 0.234 e. The SMILES string of the molecule is CC1(C)C(=O)Nc2cccc(CNC3=NC(Nc4ccc(C5CCCN(CCO)C5)cc4)NC=C3Cl)c21. The first-order valence-electron chi connectivity index (χ1n) is 12.9. The first kappa shape index (κ1) is 25.6. The fraction of sp³-hybridized carbons (Fsp3) is 0.429. The van der Waals surface area contributed by atoms with Gasteiger partial charge in [0.05, 0.1) is 17.1 Å². The van der Waals surface area contributed by atoms with E-state index in [1.807, 2.05) is 32.0 Å². The Balaban J connectivity index is 1.23. The average Bonchev–Trinajstić information content (AvgIpc) is 3.13. The Morgan fingerprint density at radius 3 is 2.81 bits per heavy atom. The molecule has 2 aromatic carbocycles. The number of halogens is 1. The van der Waals surface area contributed by atoms with Crippen molar-refractivity contribution < 1.29 is 9.90 Å². The highest BCUT2D eigenvalue weighted by Gasteiger charge is 2.40. The number of carbonyl (C=O) groups excluding carboxylic acids is 1. The van der Waals surface area contributed by atoms with E-state index >= 15 is 0 Å². The van der Waals surface area contributed by atoms with Gasteiger partial charge in [-0.05, 0) is 74.0 Å². The van der Waals surface area contributed by atoms with Crippen LogP contribution in [0.5, 0.6) is 0 Å². The van der Waals surface area contributed by atoms with Crippen molar-refractivity contribution in [1.29, 1.82) is 0 Å². The average molecular weight is 523 g/mol. The number of likely N-dealkylation sites (tertiary alicyclic amines) is 1. The predicted octanol–water partition coefficient (Wildman–Crippen LogP) is 3.66. The first-order chi connectivity index (χ1) is 17.8. The van der Waals surface area contributed by atoms with E-state index in [0.29, 0.717) is 23.3 Å². The minimum atomic E-state index is -0.589. The third-order valence-corrected chi connectivity index (χ3v) is 7.79. The van der Waals surface area contributed by atoms with Crippen LogP contribution in [-0.2, 0) is 16.8 Å². The zero-order valence-corrected chi connectivity index (χ0v) is 22.1. The Kier molecular flexibility index (Phi) is 7.42. The fourth-order valence-electron chi connectivity index (χ4n) is 5.49. The number of benzene rings is 2. The van der Waals surface area contributed by atoms with Crippen molar-refractivity contribution in [3.05, 3.63) is 70.4 Å². The van der Waals surface area contributed by atoms with Gasteiger partial charge in [0.25, 0.3) is 0 Å². The van der Waals surface area contributed by atoms with Crippen molar-refractivity contribution in [3.63, 3.8) is 0 Å². The predicted molar refractivity (Wildman–Crippen MR) is 149 cm³/mol. The maximum atomic E-state index is 12.4. The van der Waals surface area contributed by atoms with Gasteiger partial charge >= 0.3 is 0 Å². The Labute approximate surface area is 223 Å². The van der Waals surface area contributed by atoms with Crippen LogP contribution in [0.1, 0.15) is 49.3 Å². The highest BCUT2D eigenvalue weighted by Crippen LogP contribution is 2.39. The van der Waals surface area contributed by atoms with Crippen LogP contribution in [0.4, 0.5) is 11.4 Å². The maximum Gasteiger partial charge on any atom is 0.234 e. The molecule has 1 saturated heterocycles. The summed E-state index contributed by atoms with van der Waals surface area (Å²) in [5.74, 6) is 1.09. The molecule has 5 N–H and O–H groups in total. The first-order valence-corrected chi connectivity index (χ1v) is 13.3. The Hall–Kier alpha value is -3.07. The highest BCUT2D eigenvalue weighted by molar-refractivity contribution is 6.43. The molecule has 0 radical (unpaired) electrons. The second kappa shape index (κ2) is 10.7. The molecule has 1 fully saturated rings. The van der Waals surface area contributed by atoms with Crippen LogP contribution in [0.3, 0.4) is 0 Å². The van der Waals surface area contributed by atoms with E-state index in [9.17, 15) is 9.90 Å². The summed E-state index contributed by atoms with van der Waals surface area (Å²) in [7, 11) is 0. The summed E-state index contributed by atoms with van der Waals surface area (Å²) in [6.45, 7) is 7.39. The molecule has 2 atom stereocenters. The van der Waals surface area contributed by atoms with Crippen molar-refractivity contribution in [2.24, 2.45) is 4.99 Å². The lowest BCUT2D eigenvalue weighted by atomic mass is 9.83. The Morgan fingerprint density at radius 1 is 1.22 bits per heavy atom. The molecular weight excluding hydrogens is 488 g/mol. The molecule has 0 aliphatic carbocycles. The monoisotopic (exact) mass is 522 g/mol. The molecule has 5 rings (SSSR count). The van der Waals surface area contributed by atoms with Gasteiger partial charge in [0.2, 0.25) is 5.91 Å². The molecule has 9 heteroatoms. The van der Waals surface area contributed by atoms with E-state index in [4.69, 9.17) is 16.6 Å². The van der Waals surface area contributed by atoms with Gasteiger partial charge in [-0.25, -0.2) is 4.99 Å². The van der Waals surface area contributed by atoms with Gasteiger partial charge < -0.3 is 31.3 Å². The lowest BCUT2D eigenvalue weighted by Crippen LogP contribution is -2.39. The van der Waals surface area contributed by atoms with Crippen LogP contribution in [0.25, 0.3) is 0 Å². The van der Waals surface area contributed by atoms with E-state index in [1.165, 1.54) is 12.0 Å². The van der Waals surface area contributed by atoms with Crippen LogP contribution >= 0.6 is 11.6 Å². The zero-order valence-electron chi connectivity index (χ0n) is 21.4. The van der Waals surface area contributed by atoms with E-state index in [2.05, 4.69) is 50.4 Å². The van der Waals surface area contributed by atoms with Gasteiger partial charge in [-0.1, -0.05) is 35.9 Å². The number of β-amino-alcohol motifs (C(OH)–C–C–N with tert-alkyl or cyclic N) is 1. The number of anilines is 2. The molecular formula is C28H35ClN6O2. The molecule has 0 bridgehead atoms. The summed E-state index contributed by atoms with van der Waals surface area (Å²) in [4.78, 5) is 19.5. The van der Waals surface area contributed by atoms with Gasteiger partial charge in [-0.15, -0.1) is 0 Å². The third kappa shape index (κ3) is 5.46. The number of fused-ring (bicyclic) bond motifs is 1. The highest BCUT2D eigenvalue weighted by atomic mass is 35.5. The second-order valence-electron chi connectivity index (χ2n) is 10.4. The molecule has 196 valence electrons. The van der Waals surface area contributed by atoms with E-state index in [1.54, 1.807) is 6.20 Å². The van der Waals surface area contributed by atoms with Gasteiger partial charge in [0.1, 0.15) is 5.84 Å².